The molecule has 1 aromatic carbocycles. The molecule has 1 saturated heterocycles. The van der Waals surface area contributed by atoms with Crippen LogP contribution in [0.5, 0.6) is 5.75 Å². The summed E-state index contributed by atoms with van der Waals surface area (Å²) in [6, 6.07) is 5.11. The van der Waals surface area contributed by atoms with Gasteiger partial charge in [0.25, 0.3) is 5.91 Å². The first-order valence-corrected chi connectivity index (χ1v) is 7.27. The molecule has 0 radical (unpaired) electrons. The molecule has 1 aliphatic rings. The monoisotopic (exact) mass is 296 g/mol. The zero-order valence-corrected chi connectivity index (χ0v) is 12.7. The van der Waals surface area contributed by atoms with Crippen LogP contribution in [0.2, 0.25) is 5.02 Å². The highest BCUT2D eigenvalue weighted by atomic mass is 35.5. The number of rotatable bonds is 3. The third kappa shape index (κ3) is 3.07. The summed E-state index contributed by atoms with van der Waals surface area (Å²) in [5, 5.41) is 0.537. The lowest BCUT2D eigenvalue weighted by atomic mass is 9.87. The molecule has 5 heteroatoms. The first kappa shape index (κ1) is 15.1. The van der Waals surface area contributed by atoms with Gasteiger partial charge < -0.3 is 15.4 Å². The summed E-state index contributed by atoms with van der Waals surface area (Å²) in [7, 11) is 1.56. The fourth-order valence-electron chi connectivity index (χ4n) is 2.66. The normalized spacial score (nSPS) is 22.7. The highest BCUT2D eigenvalue weighted by Crippen LogP contribution is 2.28. The van der Waals surface area contributed by atoms with Gasteiger partial charge in [-0.2, -0.15) is 0 Å². The van der Waals surface area contributed by atoms with E-state index in [1.165, 1.54) is 0 Å². The van der Waals surface area contributed by atoms with E-state index >= 15 is 0 Å². The van der Waals surface area contributed by atoms with Crippen LogP contribution in [-0.2, 0) is 0 Å². The maximum atomic E-state index is 12.6. The van der Waals surface area contributed by atoms with Crippen molar-refractivity contribution in [1.29, 1.82) is 0 Å². The van der Waals surface area contributed by atoms with Gasteiger partial charge in [0.1, 0.15) is 5.75 Å². The first-order valence-electron chi connectivity index (χ1n) is 6.89. The number of hydrogen-bond donors (Lipinski definition) is 1. The van der Waals surface area contributed by atoms with Crippen LogP contribution in [0.25, 0.3) is 0 Å². The van der Waals surface area contributed by atoms with Crippen LogP contribution in [0.3, 0.4) is 0 Å². The molecule has 0 bridgehead atoms. The summed E-state index contributed by atoms with van der Waals surface area (Å²) in [6.07, 6.45) is 0.983. The number of likely N-dealkylation sites (tertiary alicyclic amines) is 1. The van der Waals surface area contributed by atoms with Crippen molar-refractivity contribution in [2.45, 2.75) is 13.3 Å². The minimum absolute atomic E-state index is 0.0327. The lowest BCUT2D eigenvalue weighted by Gasteiger charge is -2.36. The zero-order valence-electron chi connectivity index (χ0n) is 11.9. The van der Waals surface area contributed by atoms with Gasteiger partial charge in [-0.1, -0.05) is 18.5 Å². The highest BCUT2D eigenvalue weighted by molar-refractivity contribution is 6.31. The summed E-state index contributed by atoms with van der Waals surface area (Å²) < 4.78 is 5.26. The molecule has 1 fully saturated rings. The van der Waals surface area contributed by atoms with Gasteiger partial charge in [-0.25, -0.2) is 0 Å². The molecule has 0 aromatic heterocycles. The van der Waals surface area contributed by atoms with Crippen LogP contribution in [0.15, 0.2) is 18.2 Å². The number of carbonyl (C=O) groups excluding carboxylic acids is 1. The fraction of sp³-hybridized carbons (Fsp3) is 0.533. The number of ether oxygens (including phenoxy) is 1. The molecule has 1 amide bonds. The fourth-order valence-corrected chi connectivity index (χ4v) is 2.83. The maximum Gasteiger partial charge on any atom is 0.257 e. The van der Waals surface area contributed by atoms with Gasteiger partial charge in [-0.05, 0) is 43.0 Å². The Morgan fingerprint density at radius 1 is 1.55 bits per heavy atom. The van der Waals surface area contributed by atoms with Crippen molar-refractivity contribution < 1.29 is 9.53 Å². The minimum Gasteiger partial charge on any atom is -0.496 e. The van der Waals surface area contributed by atoms with Crippen LogP contribution >= 0.6 is 11.6 Å². The largest absolute Gasteiger partial charge is 0.496 e. The number of carbonyl (C=O) groups is 1. The number of amides is 1. The quantitative estimate of drug-likeness (QED) is 0.932. The van der Waals surface area contributed by atoms with Crippen LogP contribution in [0.4, 0.5) is 0 Å². The van der Waals surface area contributed by atoms with Crippen molar-refractivity contribution in [3.63, 3.8) is 0 Å². The Bertz CT molecular complexity index is 493. The molecule has 20 heavy (non-hydrogen) atoms. The number of piperidine rings is 1. The van der Waals surface area contributed by atoms with E-state index in [1.807, 2.05) is 4.90 Å². The lowest BCUT2D eigenvalue weighted by molar-refractivity contribution is 0.0615. The molecule has 4 nitrogen and oxygen atoms in total. The predicted octanol–water partition coefficient (Wildman–Crippen LogP) is 2.41. The van der Waals surface area contributed by atoms with Gasteiger partial charge in [0.15, 0.2) is 0 Å². The summed E-state index contributed by atoms with van der Waals surface area (Å²) in [6.45, 7) is 4.26. The average molecular weight is 297 g/mol. The van der Waals surface area contributed by atoms with Gasteiger partial charge in [0.05, 0.1) is 12.7 Å². The Kier molecular flexibility index (Phi) is 4.89. The number of methoxy groups -OCH3 is 1. The van der Waals surface area contributed by atoms with E-state index in [9.17, 15) is 4.79 Å². The van der Waals surface area contributed by atoms with E-state index in [4.69, 9.17) is 22.1 Å². The lowest BCUT2D eigenvalue weighted by Crippen LogP contribution is -2.45. The summed E-state index contributed by atoms with van der Waals surface area (Å²) in [4.78, 5) is 14.5. The second-order valence-electron chi connectivity index (χ2n) is 5.36. The number of nitrogens with zero attached hydrogens (tertiary/aromatic N) is 1. The van der Waals surface area contributed by atoms with Gasteiger partial charge >= 0.3 is 0 Å². The highest BCUT2D eigenvalue weighted by Gasteiger charge is 2.29. The summed E-state index contributed by atoms with van der Waals surface area (Å²) >= 11 is 5.99. The molecule has 2 N–H and O–H groups in total. The predicted molar refractivity (Wildman–Crippen MR) is 80.2 cm³/mol. The molecule has 0 aliphatic carbocycles. The van der Waals surface area contributed by atoms with E-state index in [0.717, 1.165) is 13.0 Å². The molecule has 0 spiro atoms. The Balaban J connectivity index is 2.21. The topological polar surface area (TPSA) is 55.6 Å². The minimum atomic E-state index is -0.0327. The van der Waals surface area contributed by atoms with Crippen molar-refractivity contribution in [3.8, 4) is 5.75 Å². The number of benzene rings is 1. The van der Waals surface area contributed by atoms with Crippen LogP contribution in [0.1, 0.15) is 23.7 Å². The molecule has 2 atom stereocenters. The molecule has 1 aromatic rings. The van der Waals surface area contributed by atoms with Gasteiger partial charge in [0.2, 0.25) is 0 Å². The molecule has 2 unspecified atom stereocenters. The Morgan fingerprint density at radius 2 is 2.30 bits per heavy atom. The van der Waals surface area contributed by atoms with E-state index in [1.54, 1.807) is 25.3 Å². The van der Waals surface area contributed by atoms with Crippen molar-refractivity contribution in [2.75, 3.05) is 26.7 Å². The zero-order chi connectivity index (χ0) is 14.7. The molecular formula is C15H21ClN2O2. The Labute approximate surface area is 124 Å². The third-order valence-electron chi connectivity index (χ3n) is 4.10. The molecule has 1 heterocycles. The summed E-state index contributed by atoms with van der Waals surface area (Å²) in [5.74, 6) is 1.44. The van der Waals surface area contributed by atoms with Crippen LogP contribution < -0.4 is 10.5 Å². The van der Waals surface area contributed by atoms with Crippen molar-refractivity contribution in [2.24, 2.45) is 17.6 Å². The average Bonchev–Trinajstić information content (AvgIpc) is 2.47. The standard InChI is InChI=1S/C15H21ClN2O2/c1-10-5-6-18(9-11(10)8-17)15(19)13-7-12(16)3-4-14(13)20-2/h3-4,7,10-11H,5-6,8-9,17H2,1-2H3. The SMILES string of the molecule is COc1ccc(Cl)cc1C(=O)N1CCC(C)C(CN)C1. The maximum absolute atomic E-state index is 12.6. The molecule has 0 saturated carbocycles. The Morgan fingerprint density at radius 3 is 2.95 bits per heavy atom. The second kappa shape index (κ2) is 6.46. The van der Waals surface area contributed by atoms with E-state index in [-0.39, 0.29) is 5.91 Å². The van der Waals surface area contributed by atoms with Crippen molar-refractivity contribution in [1.82, 2.24) is 4.90 Å². The molecule has 110 valence electrons. The van der Waals surface area contributed by atoms with E-state index in [2.05, 4.69) is 6.92 Å². The number of halogens is 1. The smallest absolute Gasteiger partial charge is 0.257 e. The number of nitrogens with two attached hydrogens (primary N) is 1. The first-order chi connectivity index (χ1) is 9.56. The van der Waals surface area contributed by atoms with E-state index < -0.39 is 0 Å². The van der Waals surface area contributed by atoms with Crippen molar-refractivity contribution >= 4 is 17.5 Å². The van der Waals surface area contributed by atoms with Crippen molar-refractivity contribution in [3.05, 3.63) is 28.8 Å². The number of hydrogen-bond acceptors (Lipinski definition) is 3. The molecule has 2 rings (SSSR count). The van der Waals surface area contributed by atoms with Gasteiger partial charge in [0, 0.05) is 18.1 Å². The van der Waals surface area contributed by atoms with Crippen LogP contribution in [0, 0.1) is 11.8 Å². The van der Waals surface area contributed by atoms with E-state index in [0.29, 0.717) is 41.3 Å². The molecule has 1 aliphatic heterocycles. The second-order valence-corrected chi connectivity index (χ2v) is 5.79. The van der Waals surface area contributed by atoms with Gasteiger partial charge in [-0.15, -0.1) is 0 Å². The summed E-state index contributed by atoms with van der Waals surface area (Å²) in [5.41, 5.74) is 6.31. The molecular weight excluding hydrogens is 276 g/mol. The third-order valence-corrected chi connectivity index (χ3v) is 4.33. The van der Waals surface area contributed by atoms with Crippen LogP contribution in [-0.4, -0.2) is 37.6 Å². The Hall–Kier alpha value is -1.26. The van der Waals surface area contributed by atoms with Gasteiger partial charge in [-0.3, -0.25) is 4.79 Å².